The van der Waals surface area contributed by atoms with Gasteiger partial charge in [-0.15, -0.1) is 0 Å². The Morgan fingerprint density at radius 3 is 2.68 bits per heavy atom. The van der Waals surface area contributed by atoms with Gasteiger partial charge in [0.2, 0.25) is 0 Å². The van der Waals surface area contributed by atoms with Gasteiger partial charge in [0, 0.05) is 35.9 Å². The van der Waals surface area contributed by atoms with Crippen LogP contribution in [0.3, 0.4) is 0 Å². The SMILES string of the molecule is c1ccc(OCCNc2cc(-c3nc(CNC4CCNCC4)c4c(C5CC5)cncc4n3)ccn2)cc1. The molecule has 0 bridgehead atoms. The Morgan fingerprint density at radius 1 is 0.973 bits per heavy atom. The molecule has 4 heterocycles. The molecule has 0 radical (unpaired) electrons. The van der Waals surface area contributed by atoms with E-state index < -0.39 is 0 Å². The third-order valence-corrected chi connectivity index (χ3v) is 7.06. The van der Waals surface area contributed by atoms with Crippen LogP contribution in [0.25, 0.3) is 22.3 Å². The Hall–Kier alpha value is -3.62. The third kappa shape index (κ3) is 5.87. The minimum Gasteiger partial charge on any atom is -0.492 e. The van der Waals surface area contributed by atoms with E-state index in [9.17, 15) is 0 Å². The van der Waals surface area contributed by atoms with Crippen LogP contribution in [0.15, 0.2) is 61.1 Å². The quantitative estimate of drug-likeness (QED) is 0.280. The fourth-order valence-electron chi connectivity index (χ4n) is 4.95. The van der Waals surface area contributed by atoms with E-state index in [1.54, 1.807) is 6.20 Å². The van der Waals surface area contributed by atoms with E-state index >= 15 is 0 Å². The van der Waals surface area contributed by atoms with Gasteiger partial charge in [0.05, 0.1) is 24.0 Å². The van der Waals surface area contributed by atoms with Gasteiger partial charge >= 0.3 is 0 Å². The average molecular weight is 496 g/mol. The summed E-state index contributed by atoms with van der Waals surface area (Å²) in [7, 11) is 0. The van der Waals surface area contributed by atoms with Crippen LogP contribution >= 0.6 is 0 Å². The minimum atomic E-state index is 0.510. The molecular weight excluding hydrogens is 462 g/mol. The smallest absolute Gasteiger partial charge is 0.160 e. The number of fused-ring (bicyclic) bond motifs is 1. The summed E-state index contributed by atoms with van der Waals surface area (Å²) in [6.45, 7) is 4.05. The molecule has 1 saturated heterocycles. The largest absolute Gasteiger partial charge is 0.492 e. The van der Waals surface area contributed by atoms with Gasteiger partial charge in [0.1, 0.15) is 18.2 Å². The molecule has 1 saturated carbocycles. The maximum atomic E-state index is 5.79. The average Bonchev–Trinajstić information content (AvgIpc) is 3.81. The normalized spacial score (nSPS) is 16.1. The van der Waals surface area contributed by atoms with E-state index in [-0.39, 0.29) is 0 Å². The maximum Gasteiger partial charge on any atom is 0.160 e. The molecule has 37 heavy (non-hydrogen) atoms. The number of hydrogen-bond donors (Lipinski definition) is 3. The van der Waals surface area contributed by atoms with Crippen molar-refractivity contribution >= 4 is 16.7 Å². The van der Waals surface area contributed by atoms with Gasteiger partial charge in [0.15, 0.2) is 5.82 Å². The highest BCUT2D eigenvalue weighted by molar-refractivity contribution is 5.86. The topological polar surface area (TPSA) is 96.9 Å². The molecule has 1 aliphatic carbocycles. The second-order valence-corrected chi connectivity index (χ2v) is 9.81. The summed E-state index contributed by atoms with van der Waals surface area (Å²) < 4.78 is 5.79. The molecule has 3 N–H and O–H groups in total. The lowest BCUT2D eigenvalue weighted by molar-refractivity contribution is 0.333. The summed E-state index contributed by atoms with van der Waals surface area (Å²) in [5.41, 5.74) is 4.20. The lowest BCUT2D eigenvalue weighted by Crippen LogP contribution is -2.39. The zero-order valence-electron chi connectivity index (χ0n) is 21.0. The van der Waals surface area contributed by atoms with Crippen LogP contribution in [-0.4, -0.2) is 52.2 Å². The molecule has 3 aromatic heterocycles. The van der Waals surface area contributed by atoms with Crippen molar-refractivity contribution in [2.75, 3.05) is 31.6 Å². The Kier molecular flexibility index (Phi) is 7.19. The van der Waals surface area contributed by atoms with Crippen molar-refractivity contribution in [3.05, 3.63) is 72.3 Å². The fraction of sp³-hybridized carbons (Fsp3) is 0.379. The minimum absolute atomic E-state index is 0.510. The number of nitrogens with one attached hydrogen (secondary N) is 3. The summed E-state index contributed by atoms with van der Waals surface area (Å²) in [5.74, 6) is 2.92. The van der Waals surface area contributed by atoms with Gasteiger partial charge in [0.25, 0.3) is 0 Å². The van der Waals surface area contributed by atoms with Gasteiger partial charge < -0.3 is 20.7 Å². The highest BCUT2D eigenvalue weighted by atomic mass is 16.5. The van der Waals surface area contributed by atoms with Crippen molar-refractivity contribution in [2.24, 2.45) is 0 Å². The first kappa shape index (κ1) is 23.8. The summed E-state index contributed by atoms with van der Waals surface area (Å²) in [6, 6.07) is 14.3. The molecule has 8 nitrogen and oxygen atoms in total. The Balaban J connectivity index is 1.23. The summed E-state index contributed by atoms with van der Waals surface area (Å²) in [5, 5.41) is 11.7. The molecule has 0 spiro atoms. The first-order valence-electron chi connectivity index (χ1n) is 13.3. The highest BCUT2D eigenvalue weighted by Crippen LogP contribution is 2.43. The molecule has 0 unspecified atom stereocenters. The number of pyridine rings is 2. The van der Waals surface area contributed by atoms with E-state index in [1.165, 1.54) is 23.8 Å². The second-order valence-electron chi connectivity index (χ2n) is 9.81. The molecular formula is C29H33N7O. The van der Waals surface area contributed by atoms with Crippen molar-refractivity contribution in [3.63, 3.8) is 0 Å². The number of benzene rings is 1. The van der Waals surface area contributed by atoms with E-state index in [0.29, 0.717) is 30.9 Å². The molecule has 2 fully saturated rings. The summed E-state index contributed by atoms with van der Waals surface area (Å²) in [6.07, 6.45) is 10.4. The van der Waals surface area contributed by atoms with Crippen molar-refractivity contribution in [3.8, 4) is 17.1 Å². The van der Waals surface area contributed by atoms with Crippen LogP contribution in [0, 0.1) is 0 Å². The molecule has 0 amide bonds. The number of piperidine rings is 1. The number of para-hydroxylation sites is 1. The van der Waals surface area contributed by atoms with Crippen LogP contribution in [0.4, 0.5) is 5.82 Å². The standard InChI is InChI=1S/C29H33N7O/c1-2-4-23(5-3-1)37-15-14-33-27-16-21(8-13-32-27)29-35-25-18-31-17-24(20-6-7-20)28(25)26(36-29)19-34-22-9-11-30-12-10-22/h1-5,8,13,16-18,20,22,30,34H,6-7,9-12,14-15,19H2,(H,32,33). The zero-order chi connectivity index (χ0) is 24.9. The maximum absolute atomic E-state index is 5.79. The van der Waals surface area contributed by atoms with Gasteiger partial charge in [-0.1, -0.05) is 18.2 Å². The molecule has 1 aliphatic heterocycles. The first-order valence-corrected chi connectivity index (χ1v) is 13.3. The Morgan fingerprint density at radius 2 is 1.84 bits per heavy atom. The Labute approximate surface area is 217 Å². The lowest BCUT2D eigenvalue weighted by Gasteiger charge is -2.24. The molecule has 8 heteroatoms. The van der Waals surface area contributed by atoms with Crippen molar-refractivity contribution in [2.45, 2.75) is 44.2 Å². The number of rotatable bonds is 10. The van der Waals surface area contributed by atoms with Crippen LogP contribution in [-0.2, 0) is 6.54 Å². The molecule has 190 valence electrons. The number of anilines is 1. The van der Waals surface area contributed by atoms with Crippen LogP contribution in [0.1, 0.15) is 42.9 Å². The van der Waals surface area contributed by atoms with Gasteiger partial charge in [-0.3, -0.25) is 4.98 Å². The van der Waals surface area contributed by atoms with E-state index in [0.717, 1.165) is 60.8 Å². The predicted octanol–water partition coefficient (Wildman–Crippen LogP) is 4.30. The van der Waals surface area contributed by atoms with E-state index in [4.69, 9.17) is 14.7 Å². The molecule has 0 atom stereocenters. The highest BCUT2D eigenvalue weighted by Gasteiger charge is 2.28. The fourth-order valence-corrected chi connectivity index (χ4v) is 4.95. The molecule has 6 rings (SSSR count). The predicted molar refractivity (Wildman–Crippen MR) is 146 cm³/mol. The Bertz CT molecular complexity index is 1340. The van der Waals surface area contributed by atoms with E-state index in [1.807, 2.05) is 54.9 Å². The molecule has 4 aromatic rings. The summed E-state index contributed by atoms with van der Waals surface area (Å²) in [4.78, 5) is 19.1. The van der Waals surface area contributed by atoms with E-state index in [2.05, 4.69) is 25.9 Å². The third-order valence-electron chi connectivity index (χ3n) is 7.06. The number of aromatic nitrogens is 4. The number of hydrogen-bond acceptors (Lipinski definition) is 8. The lowest BCUT2D eigenvalue weighted by atomic mass is 10.0. The number of nitrogens with zero attached hydrogens (tertiary/aromatic N) is 4. The molecule has 1 aromatic carbocycles. The molecule has 2 aliphatic rings. The van der Waals surface area contributed by atoms with Crippen molar-refractivity contribution < 1.29 is 4.74 Å². The van der Waals surface area contributed by atoms with Crippen molar-refractivity contribution in [1.82, 2.24) is 30.6 Å². The van der Waals surface area contributed by atoms with Crippen LogP contribution in [0.2, 0.25) is 0 Å². The zero-order valence-corrected chi connectivity index (χ0v) is 21.0. The van der Waals surface area contributed by atoms with Gasteiger partial charge in [-0.2, -0.15) is 0 Å². The monoisotopic (exact) mass is 495 g/mol. The second kappa shape index (κ2) is 11.2. The van der Waals surface area contributed by atoms with Gasteiger partial charge in [-0.25, -0.2) is 15.0 Å². The van der Waals surface area contributed by atoms with Gasteiger partial charge in [-0.05, 0) is 74.5 Å². The van der Waals surface area contributed by atoms with Crippen LogP contribution < -0.4 is 20.7 Å². The number of ether oxygens (including phenoxy) is 1. The van der Waals surface area contributed by atoms with Crippen LogP contribution in [0.5, 0.6) is 5.75 Å². The van der Waals surface area contributed by atoms with Crippen molar-refractivity contribution in [1.29, 1.82) is 0 Å². The summed E-state index contributed by atoms with van der Waals surface area (Å²) >= 11 is 0. The first-order chi connectivity index (χ1) is 18.3.